The molecule has 5 heteroatoms. The molecule has 1 aromatic carbocycles. The summed E-state index contributed by atoms with van der Waals surface area (Å²) in [7, 11) is 0. The molecule has 0 bridgehead atoms. The summed E-state index contributed by atoms with van der Waals surface area (Å²) in [4.78, 5) is 28.5. The van der Waals surface area contributed by atoms with E-state index < -0.39 is 0 Å². The van der Waals surface area contributed by atoms with Gasteiger partial charge in [0.1, 0.15) is 5.75 Å². The second-order valence-corrected chi connectivity index (χ2v) is 6.20. The first-order chi connectivity index (χ1) is 11.2. The Morgan fingerprint density at radius 3 is 2.74 bits per heavy atom. The fraction of sp³-hybridized carbons (Fsp3) is 0.556. The van der Waals surface area contributed by atoms with Crippen molar-refractivity contribution in [3.8, 4) is 5.75 Å². The normalized spacial score (nSPS) is 17.4. The largest absolute Gasteiger partial charge is 0.493 e. The van der Waals surface area contributed by atoms with Crippen LogP contribution < -0.4 is 4.74 Å². The summed E-state index contributed by atoms with van der Waals surface area (Å²) in [6.07, 6.45) is 3.18. The second kappa shape index (κ2) is 7.02. The Balaban J connectivity index is 1.65. The fourth-order valence-corrected chi connectivity index (χ4v) is 3.24. The molecule has 2 aliphatic rings. The molecule has 1 fully saturated rings. The molecule has 2 amide bonds. The van der Waals surface area contributed by atoms with Gasteiger partial charge in [0.05, 0.1) is 6.61 Å². The van der Waals surface area contributed by atoms with Gasteiger partial charge in [-0.15, -0.1) is 0 Å². The molecule has 23 heavy (non-hydrogen) atoms. The third-order valence-corrected chi connectivity index (χ3v) is 4.54. The van der Waals surface area contributed by atoms with Gasteiger partial charge < -0.3 is 14.5 Å². The first-order valence-corrected chi connectivity index (χ1v) is 8.52. The number of carbonyl (C=O) groups excluding carboxylic acids is 2. The number of fused-ring (bicyclic) bond motifs is 1. The van der Waals surface area contributed by atoms with Crippen molar-refractivity contribution < 1.29 is 14.3 Å². The molecule has 0 radical (unpaired) electrons. The zero-order valence-corrected chi connectivity index (χ0v) is 13.7. The maximum absolute atomic E-state index is 12.7. The summed E-state index contributed by atoms with van der Waals surface area (Å²) in [5.74, 6) is 1.16. The SMILES string of the molecule is CCCC(=O)N1CCCN(C(=O)c2ccc3c(c2)CCO3)CC1. The van der Waals surface area contributed by atoms with E-state index in [2.05, 4.69) is 0 Å². The molecule has 0 N–H and O–H groups in total. The van der Waals surface area contributed by atoms with E-state index in [1.165, 1.54) is 0 Å². The molecule has 0 spiro atoms. The molecule has 2 heterocycles. The Hall–Kier alpha value is -2.04. The van der Waals surface area contributed by atoms with Gasteiger partial charge >= 0.3 is 0 Å². The van der Waals surface area contributed by atoms with Crippen LogP contribution in [0.3, 0.4) is 0 Å². The van der Waals surface area contributed by atoms with Gasteiger partial charge in [0.2, 0.25) is 5.91 Å². The summed E-state index contributed by atoms with van der Waals surface area (Å²) < 4.78 is 5.49. The lowest BCUT2D eigenvalue weighted by molar-refractivity contribution is -0.131. The fourth-order valence-electron chi connectivity index (χ4n) is 3.24. The van der Waals surface area contributed by atoms with E-state index in [-0.39, 0.29) is 11.8 Å². The number of ether oxygens (including phenoxy) is 1. The molecule has 124 valence electrons. The van der Waals surface area contributed by atoms with Crippen molar-refractivity contribution in [3.05, 3.63) is 29.3 Å². The summed E-state index contributed by atoms with van der Waals surface area (Å²) in [6.45, 7) is 5.43. The average Bonchev–Trinajstić information content (AvgIpc) is 2.88. The van der Waals surface area contributed by atoms with E-state index in [1.807, 2.05) is 34.9 Å². The van der Waals surface area contributed by atoms with Crippen LogP contribution in [0.15, 0.2) is 18.2 Å². The van der Waals surface area contributed by atoms with Crippen LogP contribution in [-0.2, 0) is 11.2 Å². The van der Waals surface area contributed by atoms with Crippen LogP contribution in [0.1, 0.15) is 42.1 Å². The monoisotopic (exact) mass is 316 g/mol. The summed E-state index contributed by atoms with van der Waals surface area (Å²) >= 11 is 0. The van der Waals surface area contributed by atoms with Crippen molar-refractivity contribution in [1.82, 2.24) is 9.80 Å². The molecular formula is C18H24N2O3. The van der Waals surface area contributed by atoms with Crippen LogP contribution >= 0.6 is 0 Å². The number of hydrogen-bond acceptors (Lipinski definition) is 3. The summed E-state index contributed by atoms with van der Waals surface area (Å²) in [5, 5.41) is 0. The van der Waals surface area contributed by atoms with Crippen LogP contribution in [0.4, 0.5) is 0 Å². The average molecular weight is 316 g/mol. The van der Waals surface area contributed by atoms with E-state index in [4.69, 9.17) is 4.74 Å². The Labute approximate surface area is 137 Å². The highest BCUT2D eigenvalue weighted by atomic mass is 16.5. The standard InChI is InChI=1S/C18H24N2O3/c1-2-4-17(21)19-8-3-9-20(11-10-19)18(22)15-5-6-16-14(13-15)7-12-23-16/h5-6,13H,2-4,7-12H2,1H3. The quantitative estimate of drug-likeness (QED) is 0.858. The minimum absolute atomic E-state index is 0.0597. The summed E-state index contributed by atoms with van der Waals surface area (Å²) in [6, 6.07) is 5.69. The highest BCUT2D eigenvalue weighted by Crippen LogP contribution is 2.26. The van der Waals surface area contributed by atoms with Crippen LogP contribution in [-0.4, -0.2) is 54.4 Å². The van der Waals surface area contributed by atoms with E-state index >= 15 is 0 Å². The molecule has 0 saturated carbocycles. The lowest BCUT2D eigenvalue weighted by atomic mass is 10.1. The molecule has 2 aliphatic heterocycles. The number of rotatable bonds is 3. The van der Waals surface area contributed by atoms with Crippen LogP contribution in [0, 0.1) is 0 Å². The zero-order chi connectivity index (χ0) is 16.2. The topological polar surface area (TPSA) is 49.9 Å². The highest BCUT2D eigenvalue weighted by molar-refractivity contribution is 5.94. The van der Waals surface area contributed by atoms with Crippen molar-refractivity contribution in [3.63, 3.8) is 0 Å². The van der Waals surface area contributed by atoms with Crippen molar-refractivity contribution in [2.24, 2.45) is 0 Å². The van der Waals surface area contributed by atoms with Gasteiger partial charge in [-0.1, -0.05) is 6.92 Å². The minimum atomic E-state index is 0.0597. The van der Waals surface area contributed by atoms with E-state index in [0.29, 0.717) is 32.7 Å². The third-order valence-electron chi connectivity index (χ3n) is 4.54. The van der Waals surface area contributed by atoms with Crippen molar-refractivity contribution >= 4 is 11.8 Å². The first-order valence-electron chi connectivity index (χ1n) is 8.52. The van der Waals surface area contributed by atoms with Crippen LogP contribution in [0.25, 0.3) is 0 Å². The molecule has 5 nitrogen and oxygen atoms in total. The van der Waals surface area contributed by atoms with Crippen molar-refractivity contribution in [2.75, 3.05) is 32.8 Å². The Bertz CT molecular complexity index is 600. The van der Waals surface area contributed by atoms with E-state index in [1.54, 1.807) is 0 Å². The van der Waals surface area contributed by atoms with Gasteiger partial charge in [0, 0.05) is 44.6 Å². The van der Waals surface area contributed by atoms with Crippen molar-refractivity contribution in [2.45, 2.75) is 32.6 Å². The lowest BCUT2D eigenvalue weighted by Crippen LogP contribution is -2.37. The smallest absolute Gasteiger partial charge is 0.253 e. The van der Waals surface area contributed by atoms with E-state index in [9.17, 15) is 9.59 Å². The number of nitrogens with zero attached hydrogens (tertiary/aromatic N) is 2. The molecule has 0 unspecified atom stereocenters. The van der Waals surface area contributed by atoms with Gasteiger partial charge in [-0.05, 0) is 36.6 Å². The third kappa shape index (κ3) is 3.49. The molecule has 0 aromatic heterocycles. The maximum atomic E-state index is 12.7. The Kier molecular flexibility index (Phi) is 4.84. The predicted molar refractivity (Wildman–Crippen MR) is 87.6 cm³/mol. The van der Waals surface area contributed by atoms with Gasteiger partial charge in [-0.3, -0.25) is 9.59 Å². The van der Waals surface area contributed by atoms with E-state index in [0.717, 1.165) is 42.7 Å². The predicted octanol–water partition coefficient (Wildman–Crippen LogP) is 2.10. The zero-order valence-electron chi connectivity index (χ0n) is 13.7. The van der Waals surface area contributed by atoms with Crippen molar-refractivity contribution in [1.29, 1.82) is 0 Å². The minimum Gasteiger partial charge on any atom is -0.493 e. The number of carbonyl (C=O) groups is 2. The number of benzene rings is 1. The molecule has 1 aromatic rings. The Morgan fingerprint density at radius 2 is 1.91 bits per heavy atom. The summed E-state index contributed by atoms with van der Waals surface area (Å²) in [5.41, 5.74) is 1.84. The van der Waals surface area contributed by atoms with Gasteiger partial charge in [0.15, 0.2) is 0 Å². The molecule has 0 aliphatic carbocycles. The first kappa shape index (κ1) is 15.8. The molecule has 0 atom stereocenters. The second-order valence-electron chi connectivity index (χ2n) is 6.20. The molecule has 1 saturated heterocycles. The molecule has 3 rings (SSSR count). The van der Waals surface area contributed by atoms with Gasteiger partial charge in [-0.2, -0.15) is 0 Å². The van der Waals surface area contributed by atoms with Gasteiger partial charge in [0.25, 0.3) is 5.91 Å². The Morgan fingerprint density at radius 1 is 1.13 bits per heavy atom. The van der Waals surface area contributed by atoms with Crippen LogP contribution in [0.5, 0.6) is 5.75 Å². The van der Waals surface area contributed by atoms with Crippen LogP contribution in [0.2, 0.25) is 0 Å². The lowest BCUT2D eigenvalue weighted by Gasteiger charge is -2.22. The maximum Gasteiger partial charge on any atom is 0.253 e. The highest BCUT2D eigenvalue weighted by Gasteiger charge is 2.23. The number of amides is 2. The molecular weight excluding hydrogens is 292 g/mol. The van der Waals surface area contributed by atoms with Gasteiger partial charge in [-0.25, -0.2) is 0 Å². The number of hydrogen-bond donors (Lipinski definition) is 0.